The number of nitrogens with one attached hydrogen (secondary N) is 2. The summed E-state index contributed by atoms with van der Waals surface area (Å²) in [4.78, 5) is 16.4. The van der Waals surface area contributed by atoms with Crippen LogP contribution in [-0.4, -0.2) is 23.0 Å². The Hall–Kier alpha value is -1.89. The summed E-state index contributed by atoms with van der Waals surface area (Å²) in [5, 5.41) is 5.58. The van der Waals surface area contributed by atoms with Gasteiger partial charge in [-0.1, -0.05) is 12.1 Å². The van der Waals surface area contributed by atoms with Crippen LogP contribution in [0.5, 0.6) is 0 Å². The maximum absolute atomic E-state index is 13.7. The van der Waals surface area contributed by atoms with Crippen LogP contribution in [0.25, 0.3) is 0 Å². The Bertz CT molecular complexity index is 677. The highest BCUT2D eigenvalue weighted by Crippen LogP contribution is 2.20. The van der Waals surface area contributed by atoms with Crippen LogP contribution in [0, 0.1) is 5.82 Å². The normalized spacial score (nSPS) is 10.2. The van der Waals surface area contributed by atoms with Gasteiger partial charge in [-0.25, -0.2) is 9.37 Å². The van der Waals surface area contributed by atoms with Crippen molar-refractivity contribution in [1.29, 1.82) is 0 Å². The van der Waals surface area contributed by atoms with Crippen molar-refractivity contribution in [3.63, 3.8) is 0 Å². The van der Waals surface area contributed by atoms with Crippen LogP contribution in [0.3, 0.4) is 0 Å². The third-order valence-corrected chi connectivity index (χ3v) is 2.88. The van der Waals surface area contributed by atoms with Gasteiger partial charge in [0.15, 0.2) is 0 Å². The van der Waals surface area contributed by atoms with Crippen molar-refractivity contribution in [3.8, 4) is 0 Å². The fourth-order valence-corrected chi connectivity index (χ4v) is 1.78. The number of carbonyl (C=O) groups is 1. The standard InChI is InChI=1S/C16H19FN4O.2ClH/c1-16(2,18)10-20-15(22)11-6-5-9-19-14(11)21-13-8-4-3-7-12(13)17;;/h3-9H,10,18H2,1-2H3,(H,19,21)(H,20,22);2*1H. The molecule has 24 heavy (non-hydrogen) atoms. The van der Waals surface area contributed by atoms with E-state index in [1.807, 2.05) is 13.8 Å². The number of nitrogens with two attached hydrogens (primary N) is 1. The first-order valence-electron chi connectivity index (χ1n) is 6.90. The Morgan fingerprint density at radius 3 is 2.50 bits per heavy atom. The topological polar surface area (TPSA) is 80.0 Å². The molecule has 1 aromatic heterocycles. The zero-order valence-corrected chi connectivity index (χ0v) is 15.0. The van der Waals surface area contributed by atoms with Crippen molar-refractivity contribution >= 4 is 42.2 Å². The fraction of sp³-hybridized carbons (Fsp3) is 0.250. The average Bonchev–Trinajstić information content (AvgIpc) is 2.47. The molecule has 0 atom stereocenters. The molecule has 1 heterocycles. The first-order valence-corrected chi connectivity index (χ1v) is 6.90. The highest BCUT2D eigenvalue weighted by molar-refractivity contribution is 5.99. The molecule has 0 fully saturated rings. The highest BCUT2D eigenvalue weighted by Gasteiger charge is 2.17. The summed E-state index contributed by atoms with van der Waals surface area (Å²) in [6.07, 6.45) is 1.53. The zero-order chi connectivity index (χ0) is 16.2. The number of carbonyl (C=O) groups excluding carboxylic acids is 1. The third-order valence-electron chi connectivity index (χ3n) is 2.88. The molecule has 0 unspecified atom stereocenters. The molecule has 5 nitrogen and oxygen atoms in total. The lowest BCUT2D eigenvalue weighted by Gasteiger charge is -2.19. The van der Waals surface area contributed by atoms with Gasteiger partial charge in [0.25, 0.3) is 5.91 Å². The van der Waals surface area contributed by atoms with Gasteiger partial charge in [-0.05, 0) is 38.1 Å². The predicted molar refractivity (Wildman–Crippen MR) is 99.0 cm³/mol. The number of rotatable bonds is 5. The van der Waals surface area contributed by atoms with Crippen molar-refractivity contribution in [2.24, 2.45) is 5.73 Å². The van der Waals surface area contributed by atoms with E-state index < -0.39 is 11.4 Å². The Labute approximate surface area is 153 Å². The van der Waals surface area contributed by atoms with Gasteiger partial charge in [-0.2, -0.15) is 0 Å². The second kappa shape index (κ2) is 9.42. The molecule has 0 saturated heterocycles. The summed E-state index contributed by atoms with van der Waals surface area (Å²) in [5.74, 6) is -0.437. The summed E-state index contributed by atoms with van der Waals surface area (Å²) in [6.45, 7) is 3.95. The van der Waals surface area contributed by atoms with E-state index in [4.69, 9.17) is 5.73 Å². The Balaban J connectivity index is 0.00000264. The molecular formula is C16H21Cl2FN4O. The van der Waals surface area contributed by atoms with E-state index in [9.17, 15) is 9.18 Å². The van der Waals surface area contributed by atoms with E-state index >= 15 is 0 Å². The van der Waals surface area contributed by atoms with E-state index in [1.54, 1.807) is 30.3 Å². The first-order chi connectivity index (χ1) is 10.4. The van der Waals surface area contributed by atoms with Gasteiger partial charge in [0.2, 0.25) is 0 Å². The minimum Gasteiger partial charge on any atom is -0.350 e. The van der Waals surface area contributed by atoms with Gasteiger partial charge < -0.3 is 16.4 Å². The van der Waals surface area contributed by atoms with E-state index in [0.29, 0.717) is 17.9 Å². The molecule has 0 aliphatic rings. The van der Waals surface area contributed by atoms with Gasteiger partial charge in [0.1, 0.15) is 11.6 Å². The maximum atomic E-state index is 13.7. The quantitative estimate of drug-likeness (QED) is 0.749. The molecule has 0 aliphatic heterocycles. The minimum atomic E-state index is -0.517. The van der Waals surface area contributed by atoms with Crippen molar-refractivity contribution in [1.82, 2.24) is 10.3 Å². The van der Waals surface area contributed by atoms with E-state index in [-0.39, 0.29) is 36.4 Å². The van der Waals surface area contributed by atoms with E-state index in [0.717, 1.165) is 0 Å². The number of hydrogen-bond acceptors (Lipinski definition) is 4. The number of nitrogens with zero attached hydrogens (tertiary/aromatic N) is 1. The molecule has 1 aromatic carbocycles. The van der Waals surface area contributed by atoms with Gasteiger partial charge in [0.05, 0.1) is 11.3 Å². The number of halogens is 3. The Morgan fingerprint density at radius 1 is 1.21 bits per heavy atom. The van der Waals surface area contributed by atoms with E-state index in [1.165, 1.54) is 12.3 Å². The summed E-state index contributed by atoms with van der Waals surface area (Å²) in [6, 6.07) is 9.47. The smallest absolute Gasteiger partial charge is 0.255 e. The summed E-state index contributed by atoms with van der Waals surface area (Å²) >= 11 is 0. The molecule has 0 radical (unpaired) electrons. The van der Waals surface area contributed by atoms with Crippen molar-refractivity contribution in [3.05, 3.63) is 54.0 Å². The van der Waals surface area contributed by atoms with Gasteiger partial charge in [-0.15, -0.1) is 24.8 Å². The lowest BCUT2D eigenvalue weighted by Crippen LogP contribution is -2.45. The molecule has 0 saturated carbocycles. The molecule has 2 rings (SSSR count). The molecule has 8 heteroatoms. The van der Waals surface area contributed by atoms with Gasteiger partial charge in [-0.3, -0.25) is 4.79 Å². The number of amides is 1. The molecule has 0 spiro atoms. The van der Waals surface area contributed by atoms with Crippen LogP contribution < -0.4 is 16.4 Å². The van der Waals surface area contributed by atoms with Crippen molar-refractivity contribution in [2.45, 2.75) is 19.4 Å². The molecular weight excluding hydrogens is 354 g/mol. The average molecular weight is 375 g/mol. The van der Waals surface area contributed by atoms with Crippen molar-refractivity contribution in [2.75, 3.05) is 11.9 Å². The molecule has 4 N–H and O–H groups in total. The van der Waals surface area contributed by atoms with Crippen LogP contribution in [0.15, 0.2) is 42.6 Å². The van der Waals surface area contributed by atoms with E-state index in [2.05, 4.69) is 15.6 Å². The van der Waals surface area contributed by atoms with Crippen LogP contribution in [0.1, 0.15) is 24.2 Å². The van der Waals surface area contributed by atoms with Crippen LogP contribution in [-0.2, 0) is 0 Å². The first kappa shape index (κ1) is 22.1. The number of benzene rings is 1. The lowest BCUT2D eigenvalue weighted by molar-refractivity contribution is 0.0946. The number of hydrogen-bond donors (Lipinski definition) is 3. The predicted octanol–water partition coefficient (Wildman–Crippen LogP) is 3.28. The Morgan fingerprint density at radius 2 is 1.88 bits per heavy atom. The Kier molecular flexibility index (Phi) is 8.67. The molecule has 0 aliphatic carbocycles. The maximum Gasteiger partial charge on any atom is 0.255 e. The SMILES string of the molecule is CC(C)(N)CNC(=O)c1cccnc1Nc1ccccc1F.Cl.Cl. The van der Waals surface area contributed by atoms with Gasteiger partial charge in [0, 0.05) is 18.3 Å². The molecule has 2 aromatic rings. The number of para-hydroxylation sites is 1. The molecule has 1 amide bonds. The molecule has 0 bridgehead atoms. The summed E-state index contributed by atoms with van der Waals surface area (Å²) in [7, 11) is 0. The lowest BCUT2D eigenvalue weighted by atomic mass is 10.1. The molecule has 132 valence electrons. The third kappa shape index (κ3) is 6.31. The van der Waals surface area contributed by atoms with Crippen molar-refractivity contribution < 1.29 is 9.18 Å². The van der Waals surface area contributed by atoms with Crippen LogP contribution in [0.4, 0.5) is 15.9 Å². The number of aromatic nitrogens is 1. The highest BCUT2D eigenvalue weighted by atomic mass is 35.5. The largest absolute Gasteiger partial charge is 0.350 e. The van der Waals surface area contributed by atoms with Crippen LogP contribution >= 0.6 is 24.8 Å². The second-order valence-corrected chi connectivity index (χ2v) is 5.68. The van der Waals surface area contributed by atoms with Gasteiger partial charge >= 0.3 is 0 Å². The number of anilines is 2. The second-order valence-electron chi connectivity index (χ2n) is 5.68. The summed E-state index contributed by atoms with van der Waals surface area (Å²) < 4.78 is 13.7. The number of pyridine rings is 1. The van der Waals surface area contributed by atoms with Crippen LogP contribution in [0.2, 0.25) is 0 Å². The monoisotopic (exact) mass is 374 g/mol. The minimum absolute atomic E-state index is 0. The summed E-state index contributed by atoms with van der Waals surface area (Å²) in [5.41, 5.74) is 5.92. The zero-order valence-electron chi connectivity index (χ0n) is 13.4. The fourth-order valence-electron chi connectivity index (χ4n) is 1.78.